The molecule has 0 saturated carbocycles. The maximum absolute atomic E-state index is 11.0. The Hall–Kier alpha value is -1.83. The van der Waals surface area contributed by atoms with E-state index >= 15 is 0 Å². The van der Waals surface area contributed by atoms with Crippen LogP contribution in [-0.4, -0.2) is 10.1 Å². The van der Waals surface area contributed by atoms with Crippen molar-refractivity contribution in [1.29, 1.82) is 0 Å². The van der Waals surface area contributed by atoms with Gasteiger partial charge < -0.3 is 0 Å². The molecule has 1 N–H and O–H groups in total. The Morgan fingerprint density at radius 3 is 2.14 bits per heavy atom. The number of benzene rings is 2. The second-order valence-electron chi connectivity index (χ2n) is 13.7. The number of para-hydroxylation sites is 2. The summed E-state index contributed by atoms with van der Waals surface area (Å²) in [6.45, 7) is -3.73. The van der Waals surface area contributed by atoms with Crippen molar-refractivity contribution in [2.45, 2.75) is 47.2 Å². The van der Waals surface area contributed by atoms with Gasteiger partial charge in [0, 0.05) is 0 Å². The van der Waals surface area contributed by atoms with Crippen LogP contribution in [0, 0.1) is 0 Å². The van der Waals surface area contributed by atoms with Gasteiger partial charge in [0.1, 0.15) is 0 Å². The molecule has 0 amide bonds. The Labute approximate surface area is 152 Å². The molecule has 2 nitrogen and oxygen atoms in total. The normalized spacial score (nSPS) is 79.6. The molecule has 1 aromatic heterocycles. The molecule has 3 aromatic rings. The number of pyridine rings is 1. The Bertz CT molecular complexity index is 1850. The molecule has 10 aliphatic heterocycles. The third-order valence-electron chi connectivity index (χ3n) is 18.1. The van der Waals surface area contributed by atoms with Crippen molar-refractivity contribution < 1.29 is 11.6 Å². The van der Waals surface area contributed by atoms with Crippen LogP contribution in [0.4, 0.5) is 0 Å². The zero-order chi connectivity index (χ0) is 17.6. The van der Waals surface area contributed by atoms with Crippen LogP contribution in [0.2, 0.25) is 38.5 Å². The molecule has 3 heteroatoms. The van der Waals surface area contributed by atoms with Gasteiger partial charge in [-0.3, -0.25) is 0 Å². The minimum absolute atomic E-state index is 0.521. The second kappa shape index (κ2) is 1.33. The van der Waals surface area contributed by atoms with Gasteiger partial charge in [0.25, 0.3) is 0 Å². The summed E-state index contributed by atoms with van der Waals surface area (Å²) in [5.41, 5.74) is 4.14. The summed E-state index contributed by atoms with van der Waals surface area (Å²) in [5.74, 6) is 0.622. The average molecular weight is 405 g/mol. The molecular weight excluding hydrogens is 386 g/mol. The van der Waals surface area contributed by atoms with Crippen molar-refractivity contribution in [2.24, 2.45) is 0 Å². The topological polar surface area (TPSA) is 33.1 Å². The molecule has 10 fully saturated rings. The standard InChI is InChI=1S/C20H14NO.C5H5.Fe/c22-20-8-4-2-6-17(20)15-9-10-16(13-15)19-12-11-14-5-1-3-7-18(14)21-19;1-2-4-5-3-1;/h1-13,22H;1-5H;. The Morgan fingerprint density at radius 2 is 1.43 bits per heavy atom. The van der Waals surface area contributed by atoms with E-state index in [-0.39, 0.29) is 0 Å². The van der Waals surface area contributed by atoms with Crippen LogP contribution < -0.4 is 0 Å². The van der Waals surface area contributed by atoms with Gasteiger partial charge in [-0.25, -0.2) is 0 Å². The predicted octanol–water partition coefficient (Wildman–Crippen LogP) is 5.84. The summed E-state index contributed by atoms with van der Waals surface area (Å²) in [6, 6.07) is 22.0. The third-order valence-corrected chi connectivity index (χ3v) is 60.8. The van der Waals surface area contributed by atoms with E-state index in [1.54, 1.807) is 0 Å². The third kappa shape index (κ3) is 0.182. The Morgan fingerprint density at radius 1 is 0.750 bits per heavy atom. The van der Waals surface area contributed by atoms with Gasteiger partial charge in [-0.1, -0.05) is 0 Å². The molecule has 28 heavy (non-hydrogen) atoms. The van der Waals surface area contributed by atoms with Gasteiger partial charge in [0.2, 0.25) is 0 Å². The summed E-state index contributed by atoms with van der Waals surface area (Å²) in [7, 11) is 0. The van der Waals surface area contributed by atoms with Crippen LogP contribution in [0.5, 0.6) is 5.75 Å². The van der Waals surface area contributed by atoms with Crippen molar-refractivity contribution in [1.82, 2.24) is 4.98 Å². The fourth-order valence-electron chi connectivity index (χ4n) is 20.1. The van der Waals surface area contributed by atoms with Gasteiger partial charge in [-0.05, 0) is 0 Å². The van der Waals surface area contributed by atoms with Crippen LogP contribution in [-0.2, 0) is 15.1 Å². The molecule has 5 unspecified atom stereocenters. The fraction of sp³-hybridized carbons (Fsp3) is 0.400. The number of fused-ring (bicyclic) bond motifs is 11. The average Bonchev–Trinajstić information content (AvgIpc) is 3.67. The van der Waals surface area contributed by atoms with Crippen molar-refractivity contribution in [3.8, 4) is 5.75 Å². The fourth-order valence-corrected chi connectivity index (χ4v) is 96.0. The number of hydrogen-bond acceptors (Lipinski definition) is 2. The Balaban J connectivity index is 1.26. The Kier molecular flexibility index (Phi) is 0.540. The van der Waals surface area contributed by atoms with Gasteiger partial charge in [-0.15, -0.1) is 0 Å². The van der Waals surface area contributed by atoms with E-state index < -0.39 is 6.51 Å². The van der Waals surface area contributed by atoms with E-state index in [9.17, 15) is 5.11 Å². The summed E-state index contributed by atoms with van der Waals surface area (Å²) in [6.07, 6.45) is 0. The zero-order valence-electron chi connectivity index (χ0n) is 15.1. The first kappa shape index (κ1) is 11.4. The van der Waals surface area contributed by atoms with Crippen molar-refractivity contribution in [3.63, 3.8) is 0 Å². The molecule has 1 spiro atoms. The summed E-state index contributed by atoms with van der Waals surface area (Å²) >= 11 is 0. The number of hydrogen-bond donors (Lipinski definition) is 1. The second-order valence-corrected chi connectivity index (χ2v) is 36.9. The molecule has 10 aliphatic rings. The van der Waals surface area contributed by atoms with E-state index in [4.69, 9.17) is 4.98 Å². The van der Waals surface area contributed by atoms with Crippen LogP contribution in [0.25, 0.3) is 10.9 Å². The monoisotopic (exact) mass is 405 g/mol. The van der Waals surface area contributed by atoms with Crippen molar-refractivity contribution in [3.05, 3.63) is 71.9 Å². The predicted molar refractivity (Wildman–Crippen MR) is 103 cm³/mol. The van der Waals surface area contributed by atoms with Crippen LogP contribution in [0.15, 0.2) is 60.7 Å². The maximum atomic E-state index is 11.0. The molecule has 0 bridgehead atoms. The number of aromatic hydroxyl groups is 1. The first-order valence-corrected chi connectivity index (χ1v) is 17.1. The molecule has 13 rings (SSSR count). The van der Waals surface area contributed by atoms with E-state index in [1.165, 1.54) is 46.2 Å². The first-order valence-electron chi connectivity index (χ1n) is 10.9. The van der Waals surface area contributed by atoms with E-state index in [2.05, 4.69) is 48.5 Å². The summed E-state index contributed by atoms with van der Waals surface area (Å²) in [5, 5.41) is 12.2. The van der Waals surface area contributed by atoms with Crippen molar-refractivity contribution in [2.75, 3.05) is 0 Å². The minimum atomic E-state index is -3.73. The molecule has 0 radical (unpaired) electrons. The van der Waals surface area contributed by atoms with E-state index in [0.717, 1.165) is 14.4 Å². The zero-order valence-corrected chi connectivity index (χ0v) is 16.2. The van der Waals surface area contributed by atoms with Crippen molar-refractivity contribution >= 4 is 10.9 Å². The van der Waals surface area contributed by atoms with Gasteiger partial charge >= 0.3 is 152 Å². The van der Waals surface area contributed by atoms with Gasteiger partial charge in [0.15, 0.2) is 0 Å². The summed E-state index contributed by atoms with van der Waals surface area (Å²) in [4.78, 5) is 14.4. The van der Waals surface area contributed by atoms with Gasteiger partial charge in [-0.2, -0.15) is 0 Å². The number of phenolic OH excluding ortho intramolecular Hbond substituents is 1. The SMILES string of the molecule is Oc1ccccc1[C]12[CH]3[CH]4[C]5(c6ccc7ccccc7n6)[CH]1[Fe]43521678[CH]2[CH]1[CH]6[CH]7[CH]28. The van der Waals surface area contributed by atoms with Crippen LogP contribution in [0.1, 0.15) is 11.3 Å². The number of aromatic nitrogens is 1. The molecule has 10 saturated heterocycles. The van der Waals surface area contributed by atoms with Gasteiger partial charge in [0.05, 0.1) is 0 Å². The molecule has 2 aromatic carbocycles. The quantitative estimate of drug-likeness (QED) is 0.543. The van der Waals surface area contributed by atoms with E-state index in [0.29, 0.717) is 14.4 Å². The molecule has 0 aliphatic carbocycles. The number of rotatable bonds is 2. The molecule has 5 atom stereocenters. The van der Waals surface area contributed by atoms with E-state index in [1.807, 2.05) is 12.1 Å². The number of phenols is 1. The molecule has 11 heterocycles. The summed E-state index contributed by atoms with van der Waals surface area (Å²) < 4.78 is 1.09. The molecule has 138 valence electrons. The molecular formula is C25H19FeNO. The number of nitrogens with zero attached hydrogens (tertiary/aromatic N) is 1. The van der Waals surface area contributed by atoms with Crippen LogP contribution >= 0.6 is 0 Å². The van der Waals surface area contributed by atoms with Crippen LogP contribution in [0.3, 0.4) is 0 Å². The first-order chi connectivity index (χ1) is 13.5.